The largest absolute Gasteiger partial charge is 0.383 e. The van der Waals surface area contributed by atoms with E-state index in [9.17, 15) is 5.11 Å². The van der Waals surface area contributed by atoms with E-state index in [0.717, 1.165) is 4.88 Å². The van der Waals surface area contributed by atoms with Gasteiger partial charge in [0.15, 0.2) is 0 Å². The fraction of sp³-hybridized carbons (Fsp3) is 0.538. The highest BCUT2D eigenvalue weighted by Gasteiger charge is 2.16. The molecule has 0 saturated heterocycles. The van der Waals surface area contributed by atoms with Gasteiger partial charge in [0.25, 0.3) is 0 Å². The van der Waals surface area contributed by atoms with E-state index in [0.29, 0.717) is 0 Å². The molecule has 1 nitrogen and oxygen atoms in total. The van der Waals surface area contributed by atoms with E-state index >= 15 is 0 Å². The number of thiophene rings is 1. The summed E-state index contributed by atoms with van der Waals surface area (Å²) >= 11 is 1.79. The lowest BCUT2D eigenvalue weighted by Crippen LogP contribution is -1.96. The van der Waals surface area contributed by atoms with Gasteiger partial charge in [-0.3, -0.25) is 0 Å². The van der Waals surface area contributed by atoms with Crippen LogP contribution in [0, 0.1) is 0 Å². The first-order valence-electron chi connectivity index (χ1n) is 5.61. The van der Waals surface area contributed by atoms with Gasteiger partial charge in [0, 0.05) is 9.75 Å². The average Bonchev–Trinajstić information content (AvgIpc) is 2.59. The van der Waals surface area contributed by atoms with Crippen LogP contribution in [0.25, 0.3) is 0 Å². The van der Waals surface area contributed by atoms with Crippen molar-refractivity contribution in [3.05, 3.63) is 33.0 Å². The van der Waals surface area contributed by atoms with Gasteiger partial charge in [-0.2, -0.15) is 0 Å². The minimum atomic E-state index is -0.398. The smallest absolute Gasteiger partial charge is 0.107 e. The molecule has 2 heteroatoms. The molecule has 0 spiro atoms. The highest BCUT2D eigenvalue weighted by molar-refractivity contribution is 7.12. The van der Waals surface area contributed by atoms with Crippen molar-refractivity contribution in [2.45, 2.75) is 45.6 Å². The Balaban J connectivity index is 2.22. The van der Waals surface area contributed by atoms with Gasteiger partial charge in [-0.25, -0.2) is 0 Å². The van der Waals surface area contributed by atoms with E-state index in [1.807, 2.05) is 19.9 Å². The van der Waals surface area contributed by atoms with E-state index in [-0.39, 0.29) is 0 Å². The van der Waals surface area contributed by atoms with Crippen LogP contribution in [0.4, 0.5) is 0 Å². The van der Waals surface area contributed by atoms with Crippen molar-refractivity contribution < 1.29 is 5.11 Å². The molecule has 0 bridgehead atoms. The van der Waals surface area contributed by atoms with E-state index in [4.69, 9.17) is 0 Å². The molecule has 0 aromatic carbocycles. The Morgan fingerprint density at radius 2 is 2.13 bits per heavy atom. The SMILES string of the molecule is CC(C)=CC(O)c1cc2c(s1)CCCC2. The molecule has 1 N–H and O–H groups in total. The first kappa shape index (κ1) is 10.9. The van der Waals surface area contributed by atoms with Gasteiger partial charge < -0.3 is 5.11 Å². The zero-order valence-electron chi connectivity index (χ0n) is 9.42. The monoisotopic (exact) mass is 222 g/mol. The number of aryl methyl sites for hydroxylation is 2. The van der Waals surface area contributed by atoms with E-state index in [1.54, 1.807) is 11.3 Å². The normalized spacial score (nSPS) is 17.0. The van der Waals surface area contributed by atoms with Crippen LogP contribution in [0.5, 0.6) is 0 Å². The molecule has 1 aliphatic carbocycles. The Kier molecular flexibility index (Phi) is 3.27. The lowest BCUT2D eigenvalue weighted by Gasteiger charge is -2.08. The summed E-state index contributed by atoms with van der Waals surface area (Å²) in [6.07, 6.45) is 6.56. The second-order valence-corrected chi connectivity index (χ2v) is 5.66. The fourth-order valence-corrected chi connectivity index (χ4v) is 3.27. The van der Waals surface area contributed by atoms with Crippen molar-refractivity contribution in [3.63, 3.8) is 0 Å². The quantitative estimate of drug-likeness (QED) is 0.758. The summed E-state index contributed by atoms with van der Waals surface area (Å²) in [6, 6.07) is 2.20. The van der Waals surface area contributed by atoms with Gasteiger partial charge in [0.1, 0.15) is 6.10 Å². The van der Waals surface area contributed by atoms with Gasteiger partial charge in [-0.1, -0.05) is 11.6 Å². The first-order valence-corrected chi connectivity index (χ1v) is 6.43. The van der Waals surface area contributed by atoms with E-state index in [2.05, 4.69) is 6.07 Å². The molecule has 1 aromatic rings. The van der Waals surface area contributed by atoms with Gasteiger partial charge >= 0.3 is 0 Å². The van der Waals surface area contributed by atoms with Crippen molar-refractivity contribution in [3.8, 4) is 0 Å². The summed E-state index contributed by atoms with van der Waals surface area (Å²) in [6.45, 7) is 4.05. The van der Waals surface area contributed by atoms with E-state index in [1.165, 1.54) is 41.7 Å². The van der Waals surface area contributed by atoms with Gasteiger partial charge in [0.05, 0.1) is 0 Å². The topological polar surface area (TPSA) is 20.2 Å². The minimum absolute atomic E-state index is 0.398. The maximum atomic E-state index is 9.97. The molecule has 0 fully saturated rings. The minimum Gasteiger partial charge on any atom is -0.383 e. The maximum absolute atomic E-state index is 9.97. The molecule has 0 amide bonds. The lowest BCUT2D eigenvalue weighted by atomic mass is 9.99. The molecule has 15 heavy (non-hydrogen) atoms. The number of hydrogen-bond donors (Lipinski definition) is 1. The molecule has 0 aliphatic heterocycles. The molecule has 82 valence electrons. The van der Waals surface area contributed by atoms with E-state index < -0.39 is 6.10 Å². The Hall–Kier alpha value is -0.600. The first-order chi connectivity index (χ1) is 7.16. The second kappa shape index (κ2) is 4.50. The molecular formula is C13H18OS. The van der Waals surface area contributed by atoms with Crippen LogP contribution in [-0.2, 0) is 12.8 Å². The molecule has 1 aromatic heterocycles. The Morgan fingerprint density at radius 3 is 2.80 bits per heavy atom. The van der Waals surface area contributed by atoms with Crippen molar-refractivity contribution in [1.29, 1.82) is 0 Å². The Morgan fingerprint density at radius 1 is 1.40 bits per heavy atom. The standard InChI is InChI=1S/C13H18OS/c1-9(2)7-11(14)13-8-10-5-3-4-6-12(10)15-13/h7-8,11,14H,3-6H2,1-2H3. The third-order valence-electron chi connectivity index (χ3n) is 2.80. The van der Waals surface area contributed by atoms with Gasteiger partial charge in [0.2, 0.25) is 0 Å². The van der Waals surface area contributed by atoms with Crippen LogP contribution in [0.2, 0.25) is 0 Å². The van der Waals surface area contributed by atoms with Crippen molar-refractivity contribution in [1.82, 2.24) is 0 Å². The highest BCUT2D eigenvalue weighted by atomic mass is 32.1. The zero-order chi connectivity index (χ0) is 10.8. The van der Waals surface area contributed by atoms with Gasteiger partial charge in [-0.15, -0.1) is 11.3 Å². The third kappa shape index (κ3) is 2.50. The third-order valence-corrected chi connectivity index (χ3v) is 4.11. The second-order valence-electron chi connectivity index (χ2n) is 4.49. The van der Waals surface area contributed by atoms with Crippen LogP contribution in [0.3, 0.4) is 0 Å². The molecule has 2 rings (SSSR count). The van der Waals surface area contributed by atoms with Crippen molar-refractivity contribution in [2.24, 2.45) is 0 Å². The fourth-order valence-electron chi connectivity index (χ4n) is 2.06. The predicted octanol–water partition coefficient (Wildman–Crippen LogP) is 3.63. The maximum Gasteiger partial charge on any atom is 0.107 e. The van der Waals surface area contributed by atoms with Gasteiger partial charge in [-0.05, 0) is 51.2 Å². The average molecular weight is 222 g/mol. The number of allylic oxidation sites excluding steroid dienone is 1. The molecule has 0 radical (unpaired) electrons. The summed E-state index contributed by atoms with van der Waals surface area (Å²) in [5.74, 6) is 0. The van der Waals surface area contributed by atoms with Crippen LogP contribution >= 0.6 is 11.3 Å². The molecular weight excluding hydrogens is 204 g/mol. The number of rotatable bonds is 2. The number of aliphatic hydroxyl groups is 1. The molecule has 0 saturated carbocycles. The molecule has 1 atom stereocenters. The van der Waals surface area contributed by atoms with Crippen LogP contribution in [0.15, 0.2) is 17.7 Å². The zero-order valence-corrected chi connectivity index (χ0v) is 10.2. The number of hydrogen-bond acceptors (Lipinski definition) is 2. The highest BCUT2D eigenvalue weighted by Crippen LogP contribution is 2.33. The number of fused-ring (bicyclic) bond motifs is 1. The summed E-state index contributed by atoms with van der Waals surface area (Å²) in [5, 5.41) is 9.97. The molecule has 1 heterocycles. The summed E-state index contributed by atoms with van der Waals surface area (Å²) < 4.78 is 0. The van der Waals surface area contributed by atoms with Crippen LogP contribution in [-0.4, -0.2) is 5.11 Å². The summed E-state index contributed by atoms with van der Waals surface area (Å²) in [5.41, 5.74) is 2.65. The van der Waals surface area contributed by atoms with Crippen molar-refractivity contribution >= 4 is 11.3 Å². The Bertz CT molecular complexity index is 348. The Labute approximate surface area is 95.5 Å². The molecule has 1 unspecified atom stereocenters. The summed E-state index contributed by atoms with van der Waals surface area (Å²) in [4.78, 5) is 2.61. The van der Waals surface area contributed by atoms with Crippen LogP contribution in [0.1, 0.15) is 48.1 Å². The summed E-state index contributed by atoms with van der Waals surface area (Å²) in [7, 11) is 0. The predicted molar refractivity (Wildman–Crippen MR) is 65.4 cm³/mol. The molecule has 1 aliphatic rings. The van der Waals surface area contributed by atoms with Crippen LogP contribution < -0.4 is 0 Å². The van der Waals surface area contributed by atoms with Crippen molar-refractivity contribution in [2.75, 3.05) is 0 Å². The lowest BCUT2D eigenvalue weighted by molar-refractivity contribution is 0.231. The number of aliphatic hydroxyl groups excluding tert-OH is 1.